The number of hydrogen-bond donors (Lipinski definition) is 2. The molecule has 1 aromatic carbocycles. The lowest BCUT2D eigenvalue weighted by Crippen LogP contribution is -2.40. The monoisotopic (exact) mass is 386 g/mol. The van der Waals surface area contributed by atoms with Crippen molar-refractivity contribution in [1.82, 2.24) is 9.97 Å². The number of nitrogens with two attached hydrogens (primary N) is 1. The molecule has 0 amide bonds. The van der Waals surface area contributed by atoms with Gasteiger partial charge in [-0.2, -0.15) is 4.98 Å². The van der Waals surface area contributed by atoms with Crippen LogP contribution in [-0.4, -0.2) is 48.5 Å². The Kier molecular flexibility index (Phi) is 5.44. The van der Waals surface area contributed by atoms with E-state index in [0.29, 0.717) is 35.1 Å². The molecular formula is C21H30N4O3. The van der Waals surface area contributed by atoms with Gasteiger partial charge in [-0.25, -0.2) is 4.98 Å². The Bertz CT molecular complexity index is 830. The van der Waals surface area contributed by atoms with Crippen molar-refractivity contribution in [2.24, 2.45) is 11.8 Å². The summed E-state index contributed by atoms with van der Waals surface area (Å²) < 4.78 is 10.7. The molecule has 1 unspecified atom stereocenters. The summed E-state index contributed by atoms with van der Waals surface area (Å²) in [6, 6.07) is 3.66. The Labute approximate surface area is 165 Å². The van der Waals surface area contributed by atoms with Gasteiger partial charge in [-0.05, 0) is 43.6 Å². The first-order valence-electron chi connectivity index (χ1n) is 10.2. The minimum atomic E-state index is -0.163. The van der Waals surface area contributed by atoms with Crippen molar-refractivity contribution in [1.29, 1.82) is 0 Å². The van der Waals surface area contributed by atoms with Gasteiger partial charge in [0.15, 0.2) is 11.5 Å². The fourth-order valence-electron chi connectivity index (χ4n) is 4.73. The van der Waals surface area contributed by atoms with Gasteiger partial charge in [0.2, 0.25) is 5.95 Å². The van der Waals surface area contributed by atoms with Crippen molar-refractivity contribution in [3.05, 3.63) is 12.1 Å². The molecule has 0 radical (unpaired) electrons. The van der Waals surface area contributed by atoms with Gasteiger partial charge < -0.3 is 25.2 Å². The molecule has 7 heteroatoms. The van der Waals surface area contributed by atoms with Gasteiger partial charge in [-0.1, -0.05) is 12.8 Å². The molecule has 1 saturated heterocycles. The highest BCUT2D eigenvalue weighted by Gasteiger charge is 2.32. The quantitative estimate of drug-likeness (QED) is 0.816. The molecule has 0 bridgehead atoms. The number of benzene rings is 1. The van der Waals surface area contributed by atoms with Crippen LogP contribution in [0.15, 0.2) is 12.1 Å². The SMILES string of the molecule is COc1cc2nc(N3CCC(C(O)C4CCCC4)CC3)nc(N)c2cc1OC. The maximum Gasteiger partial charge on any atom is 0.227 e. The Morgan fingerprint density at radius 2 is 1.61 bits per heavy atom. The summed E-state index contributed by atoms with van der Waals surface area (Å²) in [6.07, 6.45) is 6.64. The first-order chi connectivity index (χ1) is 13.6. The number of nitrogen functional groups attached to an aromatic ring is 1. The lowest BCUT2D eigenvalue weighted by Gasteiger charge is -2.36. The second-order valence-electron chi connectivity index (χ2n) is 7.99. The predicted molar refractivity (Wildman–Crippen MR) is 110 cm³/mol. The molecule has 2 heterocycles. The molecule has 4 rings (SSSR count). The summed E-state index contributed by atoms with van der Waals surface area (Å²) in [7, 11) is 3.20. The third-order valence-electron chi connectivity index (χ3n) is 6.41. The average Bonchev–Trinajstić information content (AvgIpc) is 3.27. The molecule has 3 N–H and O–H groups in total. The number of rotatable bonds is 5. The van der Waals surface area contributed by atoms with Gasteiger partial charge in [0.25, 0.3) is 0 Å². The van der Waals surface area contributed by atoms with E-state index >= 15 is 0 Å². The van der Waals surface area contributed by atoms with Crippen molar-refractivity contribution in [3.8, 4) is 11.5 Å². The van der Waals surface area contributed by atoms with Crippen molar-refractivity contribution in [2.45, 2.75) is 44.6 Å². The number of ether oxygens (including phenoxy) is 2. The summed E-state index contributed by atoms with van der Waals surface area (Å²) >= 11 is 0. The van der Waals surface area contributed by atoms with Gasteiger partial charge in [0.05, 0.1) is 25.8 Å². The van der Waals surface area contributed by atoms with Crippen molar-refractivity contribution in [3.63, 3.8) is 0 Å². The molecule has 1 aliphatic carbocycles. The molecular weight excluding hydrogens is 356 g/mol. The van der Waals surface area contributed by atoms with E-state index in [2.05, 4.69) is 9.88 Å². The minimum absolute atomic E-state index is 0.163. The summed E-state index contributed by atoms with van der Waals surface area (Å²) in [5.74, 6) is 3.19. The first kappa shape index (κ1) is 19.1. The van der Waals surface area contributed by atoms with E-state index in [1.165, 1.54) is 25.7 Å². The highest BCUT2D eigenvalue weighted by molar-refractivity contribution is 5.91. The number of fused-ring (bicyclic) bond motifs is 1. The predicted octanol–water partition coefficient (Wildman–Crippen LogP) is 3.00. The minimum Gasteiger partial charge on any atom is -0.493 e. The lowest BCUT2D eigenvalue weighted by molar-refractivity contribution is 0.0414. The van der Waals surface area contributed by atoms with Crippen LogP contribution in [0.1, 0.15) is 38.5 Å². The molecule has 1 aliphatic heterocycles. The van der Waals surface area contributed by atoms with Crippen LogP contribution in [0, 0.1) is 11.8 Å². The van der Waals surface area contributed by atoms with Gasteiger partial charge in [-0.15, -0.1) is 0 Å². The molecule has 2 fully saturated rings. The normalized spacial score (nSPS) is 19.9. The van der Waals surface area contributed by atoms with Crippen molar-refractivity contribution in [2.75, 3.05) is 37.9 Å². The maximum atomic E-state index is 10.7. The molecule has 28 heavy (non-hydrogen) atoms. The molecule has 1 atom stereocenters. The molecule has 0 spiro atoms. The number of aromatic nitrogens is 2. The van der Waals surface area contributed by atoms with Crippen LogP contribution in [0.4, 0.5) is 11.8 Å². The molecule has 2 aromatic rings. The van der Waals surface area contributed by atoms with Gasteiger partial charge >= 0.3 is 0 Å². The Hall–Kier alpha value is -2.28. The zero-order chi connectivity index (χ0) is 19.7. The fourth-order valence-corrected chi connectivity index (χ4v) is 4.73. The number of aliphatic hydroxyl groups excluding tert-OH is 1. The van der Waals surface area contributed by atoms with Crippen molar-refractivity contribution >= 4 is 22.7 Å². The van der Waals surface area contributed by atoms with Crippen molar-refractivity contribution < 1.29 is 14.6 Å². The second-order valence-corrected chi connectivity index (χ2v) is 7.99. The highest BCUT2D eigenvalue weighted by atomic mass is 16.5. The smallest absolute Gasteiger partial charge is 0.227 e. The molecule has 152 valence electrons. The van der Waals surface area contributed by atoms with Gasteiger partial charge in [0.1, 0.15) is 5.82 Å². The number of piperidine rings is 1. The van der Waals surface area contributed by atoms with Crippen LogP contribution < -0.4 is 20.1 Å². The zero-order valence-corrected chi connectivity index (χ0v) is 16.7. The van der Waals surface area contributed by atoms with Gasteiger partial charge in [-0.3, -0.25) is 0 Å². The Morgan fingerprint density at radius 3 is 2.25 bits per heavy atom. The number of aliphatic hydroxyl groups is 1. The third-order valence-corrected chi connectivity index (χ3v) is 6.41. The molecule has 2 aliphatic rings. The van der Waals surface area contributed by atoms with E-state index in [0.717, 1.165) is 36.8 Å². The second kappa shape index (κ2) is 7.99. The van der Waals surface area contributed by atoms with E-state index in [1.807, 2.05) is 12.1 Å². The molecule has 1 aromatic heterocycles. The van der Waals surface area contributed by atoms with Crippen LogP contribution in [-0.2, 0) is 0 Å². The Morgan fingerprint density at radius 1 is 1.00 bits per heavy atom. The van der Waals surface area contributed by atoms with E-state index in [9.17, 15) is 5.11 Å². The highest BCUT2D eigenvalue weighted by Crippen LogP contribution is 2.36. The summed E-state index contributed by atoms with van der Waals surface area (Å²) in [6.45, 7) is 1.68. The average molecular weight is 386 g/mol. The van der Waals surface area contributed by atoms with E-state index in [1.54, 1.807) is 14.2 Å². The maximum absolute atomic E-state index is 10.7. The zero-order valence-electron chi connectivity index (χ0n) is 16.7. The first-order valence-corrected chi connectivity index (χ1v) is 10.2. The van der Waals surface area contributed by atoms with E-state index < -0.39 is 0 Å². The summed E-state index contributed by atoms with van der Waals surface area (Å²) in [5, 5.41) is 11.5. The van der Waals surface area contributed by atoms with Crippen LogP contribution in [0.5, 0.6) is 11.5 Å². The number of methoxy groups -OCH3 is 2. The van der Waals surface area contributed by atoms with Crippen LogP contribution >= 0.6 is 0 Å². The Balaban J connectivity index is 1.51. The number of hydrogen-bond acceptors (Lipinski definition) is 7. The third kappa shape index (κ3) is 3.55. The number of nitrogens with zero attached hydrogens (tertiary/aromatic N) is 3. The summed E-state index contributed by atoms with van der Waals surface area (Å²) in [4.78, 5) is 11.4. The fraction of sp³-hybridized carbons (Fsp3) is 0.619. The largest absolute Gasteiger partial charge is 0.493 e. The molecule has 7 nitrogen and oxygen atoms in total. The number of anilines is 2. The topological polar surface area (TPSA) is 93.7 Å². The lowest BCUT2D eigenvalue weighted by atomic mass is 9.83. The summed E-state index contributed by atoms with van der Waals surface area (Å²) in [5.41, 5.74) is 6.97. The van der Waals surface area contributed by atoms with Gasteiger partial charge in [0, 0.05) is 24.5 Å². The standard InChI is InChI=1S/C21H30N4O3/c1-27-17-11-15-16(12-18(17)28-2)23-21(24-20(15)22)25-9-7-14(8-10-25)19(26)13-5-3-4-6-13/h11-14,19,26H,3-10H2,1-2H3,(H2,22,23,24). The van der Waals surface area contributed by atoms with Crippen LogP contribution in [0.2, 0.25) is 0 Å². The van der Waals surface area contributed by atoms with E-state index in [-0.39, 0.29) is 6.10 Å². The van der Waals surface area contributed by atoms with Crippen LogP contribution in [0.3, 0.4) is 0 Å². The van der Waals surface area contributed by atoms with E-state index in [4.69, 9.17) is 20.2 Å². The molecule has 1 saturated carbocycles. The van der Waals surface area contributed by atoms with Crippen LogP contribution in [0.25, 0.3) is 10.9 Å².